The van der Waals surface area contributed by atoms with E-state index in [9.17, 15) is 9.59 Å². The second-order valence-electron chi connectivity index (χ2n) is 5.84. The van der Waals surface area contributed by atoms with Crippen molar-refractivity contribution in [2.75, 3.05) is 17.3 Å². The van der Waals surface area contributed by atoms with Crippen LogP contribution in [0.15, 0.2) is 73.7 Å². The fourth-order valence-corrected chi connectivity index (χ4v) is 2.51. The van der Waals surface area contributed by atoms with E-state index in [0.717, 1.165) is 5.69 Å². The first-order chi connectivity index (χ1) is 13.1. The molecule has 0 aliphatic rings. The van der Waals surface area contributed by atoms with Gasteiger partial charge in [-0.05, 0) is 48.5 Å². The average Bonchev–Trinajstić information content (AvgIpc) is 3.20. The zero-order valence-electron chi connectivity index (χ0n) is 14.9. The number of aromatic nitrogens is 3. The molecular formula is C20H19N5O2. The first kappa shape index (κ1) is 18.1. The summed E-state index contributed by atoms with van der Waals surface area (Å²) in [6, 6.07) is 12.2. The van der Waals surface area contributed by atoms with E-state index >= 15 is 0 Å². The van der Waals surface area contributed by atoms with Gasteiger partial charge in [0, 0.05) is 42.6 Å². The van der Waals surface area contributed by atoms with Crippen LogP contribution in [-0.4, -0.2) is 33.6 Å². The van der Waals surface area contributed by atoms with Crippen LogP contribution in [-0.2, 0) is 11.3 Å². The number of anilines is 2. The van der Waals surface area contributed by atoms with Crippen molar-refractivity contribution in [1.29, 1.82) is 0 Å². The van der Waals surface area contributed by atoms with E-state index in [4.69, 9.17) is 0 Å². The molecule has 3 aromatic rings. The molecule has 0 unspecified atom stereocenters. The van der Waals surface area contributed by atoms with Crippen LogP contribution in [0.1, 0.15) is 16.1 Å². The molecule has 7 nitrogen and oxygen atoms in total. The molecule has 0 saturated carbocycles. The van der Waals surface area contributed by atoms with Crippen LogP contribution < -0.4 is 10.2 Å². The molecule has 0 spiro atoms. The Hall–Kier alpha value is -3.74. The first-order valence-electron chi connectivity index (χ1n) is 8.30. The maximum absolute atomic E-state index is 12.5. The highest BCUT2D eigenvalue weighted by Crippen LogP contribution is 2.16. The molecule has 0 saturated heterocycles. The maximum atomic E-state index is 12.5. The molecule has 1 aromatic carbocycles. The predicted octanol–water partition coefficient (Wildman–Crippen LogP) is 2.73. The molecule has 0 aliphatic carbocycles. The zero-order valence-corrected chi connectivity index (χ0v) is 14.9. The largest absolute Gasteiger partial charge is 0.322 e. The van der Waals surface area contributed by atoms with Gasteiger partial charge in [-0.2, -0.15) is 5.10 Å². The summed E-state index contributed by atoms with van der Waals surface area (Å²) in [5.41, 5.74) is 2.61. The fraction of sp³-hybridized carbons (Fsp3) is 0.100. The Labute approximate surface area is 157 Å². The van der Waals surface area contributed by atoms with Crippen LogP contribution in [0.4, 0.5) is 11.4 Å². The van der Waals surface area contributed by atoms with Gasteiger partial charge in [0.05, 0.1) is 12.2 Å². The summed E-state index contributed by atoms with van der Waals surface area (Å²) >= 11 is 0. The van der Waals surface area contributed by atoms with Crippen LogP contribution in [0.3, 0.4) is 0 Å². The Morgan fingerprint density at radius 1 is 1.22 bits per heavy atom. The van der Waals surface area contributed by atoms with E-state index in [1.165, 1.54) is 11.0 Å². The van der Waals surface area contributed by atoms with Crippen molar-refractivity contribution in [3.05, 3.63) is 85.0 Å². The van der Waals surface area contributed by atoms with Crippen molar-refractivity contribution in [1.82, 2.24) is 14.8 Å². The molecule has 2 amide bonds. The molecule has 0 fully saturated rings. The number of hydrogen-bond donors (Lipinski definition) is 1. The van der Waals surface area contributed by atoms with Crippen molar-refractivity contribution in [3.63, 3.8) is 0 Å². The Balaban J connectivity index is 1.68. The average molecular weight is 361 g/mol. The number of rotatable bonds is 6. The van der Waals surface area contributed by atoms with E-state index in [-0.39, 0.29) is 11.8 Å². The lowest BCUT2D eigenvalue weighted by Gasteiger charge is -2.15. The third kappa shape index (κ3) is 4.46. The highest BCUT2D eigenvalue weighted by Gasteiger charge is 2.10. The molecule has 0 aliphatic heterocycles. The molecule has 27 heavy (non-hydrogen) atoms. The van der Waals surface area contributed by atoms with Gasteiger partial charge in [0.15, 0.2) is 0 Å². The Bertz CT molecular complexity index is 949. The number of carbonyl (C=O) groups excluding carboxylic acids is 2. The summed E-state index contributed by atoms with van der Waals surface area (Å²) in [6.45, 7) is 3.99. The number of likely N-dealkylation sites (N-methyl/N-ethyl adjacent to an activating group) is 1. The highest BCUT2D eigenvalue weighted by atomic mass is 16.2. The minimum atomic E-state index is -0.240. The second-order valence-corrected chi connectivity index (χ2v) is 5.84. The molecule has 1 N–H and O–H groups in total. The summed E-state index contributed by atoms with van der Waals surface area (Å²) in [5, 5.41) is 7.00. The van der Waals surface area contributed by atoms with Crippen LogP contribution >= 0.6 is 0 Å². The van der Waals surface area contributed by atoms with E-state index in [1.807, 2.05) is 18.3 Å². The summed E-state index contributed by atoms with van der Waals surface area (Å²) in [6.07, 6.45) is 6.44. The van der Waals surface area contributed by atoms with Gasteiger partial charge in [0.1, 0.15) is 0 Å². The van der Waals surface area contributed by atoms with Gasteiger partial charge < -0.3 is 10.2 Å². The molecule has 3 rings (SSSR count). The maximum Gasteiger partial charge on any atom is 0.255 e. The molecule has 7 heteroatoms. The second kappa shape index (κ2) is 8.09. The van der Waals surface area contributed by atoms with Gasteiger partial charge in [0.2, 0.25) is 5.91 Å². The Morgan fingerprint density at radius 2 is 2.00 bits per heavy atom. The summed E-state index contributed by atoms with van der Waals surface area (Å²) in [4.78, 5) is 29.9. The number of nitrogens with zero attached hydrogens (tertiary/aromatic N) is 4. The van der Waals surface area contributed by atoms with Crippen LogP contribution in [0.5, 0.6) is 0 Å². The smallest absolute Gasteiger partial charge is 0.255 e. The SMILES string of the molecule is C=CC(=O)N(C)c1ccc(C(=O)Nc2ccnc(Cn3cccn3)c2)cc1. The third-order valence-electron chi connectivity index (χ3n) is 3.98. The molecule has 136 valence electrons. The molecule has 2 aromatic heterocycles. The number of benzene rings is 1. The van der Waals surface area contributed by atoms with Gasteiger partial charge in [-0.25, -0.2) is 0 Å². The topological polar surface area (TPSA) is 80.1 Å². The lowest BCUT2D eigenvalue weighted by molar-refractivity contribution is -0.113. The molecular weight excluding hydrogens is 342 g/mol. The number of hydrogen-bond acceptors (Lipinski definition) is 4. The Kier molecular flexibility index (Phi) is 5.41. The minimum absolute atomic E-state index is 0.214. The fourth-order valence-electron chi connectivity index (χ4n) is 2.51. The molecule has 0 bridgehead atoms. The van der Waals surface area contributed by atoms with Gasteiger partial charge in [-0.1, -0.05) is 6.58 Å². The van der Waals surface area contributed by atoms with Crippen LogP contribution in [0.2, 0.25) is 0 Å². The van der Waals surface area contributed by atoms with Crippen molar-refractivity contribution in [2.24, 2.45) is 0 Å². The minimum Gasteiger partial charge on any atom is -0.322 e. The standard InChI is InChI=1S/C20H19N5O2/c1-3-19(26)24(2)18-7-5-15(6-8-18)20(27)23-16-9-11-21-17(13-16)14-25-12-4-10-22-25/h3-13H,1,14H2,2H3,(H,21,23,27). The summed E-state index contributed by atoms with van der Waals surface area (Å²) in [7, 11) is 1.65. The Morgan fingerprint density at radius 3 is 2.67 bits per heavy atom. The van der Waals surface area contributed by atoms with Crippen LogP contribution in [0.25, 0.3) is 0 Å². The monoisotopic (exact) mass is 361 g/mol. The molecule has 2 heterocycles. The van der Waals surface area contributed by atoms with Gasteiger partial charge >= 0.3 is 0 Å². The van der Waals surface area contributed by atoms with Crippen molar-refractivity contribution in [3.8, 4) is 0 Å². The lowest BCUT2D eigenvalue weighted by atomic mass is 10.1. The summed E-state index contributed by atoms with van der Waals surface area (Å²) in [5.74, 6) is -0.454. The number of nitrogens with one attached hydrogen (secondary N) is 1. The zero-order chi connectivity index (χ0) is 19.2. The van der Waals surface area contributed by atoms with Crippen molar-refractivity contribution < 1.29 is 9.59 Å². The first-order valence-corrected chi connectivity index (χ1v) is 8.30. The number of pyridine rings is 1. The lowest BCUT2D eigenvalue weighted by Crippen LogP contribution is -2.23. The van der Waals surface area contributed by atoms with E-state index in [1.54, 1.807) is 54.5 Å². The van der Waals surface area contributed by atoms with Crippen molar-refractivity contribution in [2.45, 2.75) is 6.54 Å². The normalized spacial score (nSPS) is 10.3. The van der Waals surface area contributed by atoms with Gasteiger partial charge in [0.25, 0.3) is 5.91 Å². The van der Waals surface area contributed by atoms with Crippen LogP contribution in [0, 0.1) is 0 Å². The van der Waals surface area contributed by atoms with Crippen molar-refractivity contribution >= 4 is 23.2 Å². The third-order valence-corrected chi connectivity index (χ3v) is 3.98. The molecule has 0 radical (unpaired) electrons. The highest BCUT2D eigenvalue weighted by molar-refractivity contribution is 6.05. The number of carbonyl (C=O) groups is 2. The quantitative estimate of drug-likeness (QED) is 0.685. The van der Waals surface area contributed by atoms with E-state index < -0.39 is 0 Å². The molecule has 0 atom stereocenters. The summed E-state index contributed by atoms with van der Waals surface area (Å²) < 4.78 is 1.76. The van der Waals surface area contributed by atoms with Gasteiger partial charge in [-0.3, -0.25) is 19.3 Å². The predicted molar refractivity (Wildman–Crippen MR) is 104 cm³/mol. The number of amides is 2. The van der Waals surface area contributed by atoms with E-state index in [0.29, 0.717) is 23.5 Å². The van der Waals surface area contributed by atoms with Gasteiger partial charge in [-0.15, -0.1) is 0 Å². The van der Waals surface area contributed by atoms with E-state index in [2.05, 4.69) is 22.0 Å².